The second kappa shape index (κ2) is 21.3. The predicted molar refractivity (Wildman–Crippen MR) is 293 cm³/mol. The zero-order chi connectivity index (χ0) is 55.5. The smallest absolute Gasteiger partial charge is 0.328 e. The van der Waals surface area contributed by atoms with Gasteiger partial charge in [-0.2, -0.15) is 0 Å². The van der Waals surface area contributed by atoms with Crippen molar-refractivity contribution in [3.63, 3.8) is 0 Å². The number of nitrogens with zero attached hydrogens (tertiary/aromatic N) is 3. The first-order valence-corrected chi connectivity index (χ1v) is 28.8. The molecule has 6 saturated carbocycles. The van der Waals surface area contributed by atoms with Gasteiger partial charge in [-0.25, -0.2) is 9.59 Å². The summed E-state index contributed by atoms with van der Waals surface area (Å²) in [6.07, 6.45) is 12.1. The van der Waals surface area contributed by atoms with Crippen molar-refractivity contribution in [2.45, 2.75) is 173 Å². The molecule has 8 N–H and O–H groups in total. The van der Waals surface area contributed by atoms with Gasteiger partial charge in [-0.3, -0.25) is 28.9 Å². The molecule has 7 fully saturated rings. The van der Waals surface area contributed by atoms with E-state index in [4.69, 9.17) is 16.2 Å². The van der Waals surface area contributed by atoms with E-state index in [9.17, 15) is 24.0 Å². The summed E-state index contributed by atoms with van der Waals surface area (Å²) >= 11 is 0. The molecule has 1 saturated heterocycles. The number of fused-ring (bicyclic) bond motifs is 1. The van der Waals surface area contributed by atoms with E-state index in [1.54, 1.807) is 0 Å². The van der Waals surface area contributed by atoms with Crippen molar-refractivity contribution in [1.29, 1.82) is 0 Å². The van der Waals surface area contributed by atoms with Crippen molar-refractivity contribution in [3.8, 4) is 0 Å². The van der Waals surface area contributed by atoms with Gasteiger partial charge in [-0.05, 0) is 149 Å². The van der Waals surface area contributed by atoms with Gasteiger partial charge in [0, 0.05) is 62.1 Å². The SMILES string of the molecule is CCC1([C@H](N(C)C(=O)[C@@H](NC(=O)[C@H](C(C)C)N(C)CCc2ccc(NC(=O)C3(N)C[C@H]3CCNC(N)=O)cc2)C(C)C)C2(CC(=O)N3CC[C@H]4C[C@@]43C3(C4(C(=O)N[C@@H](Cc5ccccc5)C(=O)OC)CC4)CC3)CC2)CC1. The van der Waals surface area contributed by atoms with E-state index in [-0.39, 0.29) is 75.1 Å². The van der Waals surface area contributed by atoms with E-state index < -0.39 is 41.1 Å². The molecular formula is C60H87N9O8. The molecule has 0 bridgehead atoms. The molecule has 6 aliphatic carbocycles. The normalized spacial score (nSPS) is 26.5. The lowest BCUT2D eigenvalue weighted by Gasteiger charge is -2.44. The average Bonchev–Trinajstić information content (AvgIpc) is 4.33. The van der Waals surface area contributed by atoms with Gasteiger partial charge in [-0.1, -0.05) is 77.1 Å². The molecule has 17 heteroatoms. The number of carbonyl (C=O) groups excluding carboxylic acids is 7. The molecule has 1 unspecified atom stereocenters. The Kier molecular flexibility index (Phi) is 15.5. The first-order chi connectivity index (χ1) is 36.6. The number of nitrogens with two attached hydrogens (primary N) is 2. The summed E-state index contributed by atoms with van der Waals surface area (Å²) in [5.41, 5.74) is 11.4. The second-order valence-corrected chi connectivity index (χ2v) is 25.5. The van der Waals surface area contributed by atoms with Crippen LogP contribution in [0.15, 0.2) is 54.6 Å². The van der Waals surface area contributed by atoms with Gasteiger partial charge in [0.1, 0.15) is 12.1 Å². The van der Waals surface area contributed by atoms with E-state index in [1.807, 2.05) is 106 Å². The third-order valence-electron chi connectivity index (χ3n) is 20.1. The lowest BCUT2D eigenvalue weighted by Crippen LogP contribution is -2.60. The first kappa shape index (κ1) is 56.2. The van der Waals surface area contributed by atoms with E-state index in [0.29, 0.717) is 63.3 Å². The van der Waals surface area contributed by atoms with Crippen LogP contribution in [0.2, 0.25) is 0 Å². The Hall–Kier alpha value is -5.55. The van der Waals surface area contributed by atoms with Crippen molar-refractivity contribution in [2.24, 2.45) is 56.8 Å². The van der Waals surface area contributed by atoms with Gasteiger partial charge in [0.15, 0.2) is 0 Å². The Morgan fingerprint density at radius 3 is 2.01 bits per heavy atom. The molecule has 17 nitrogen and oxygen atoms in total. The van der Waals surface area contributed by atoms with Crippen molar-refractivity contribution in [1.82, 2.24) is 30.7 Å². The molecule has 1 heterocycles. The molecule has 0 aromatic heterocycles. The molecule has 7 aliphatic rings. The molecular weight excluding hydrogens is 975 g/mol. The lowest BCUT2D eigenvalue weighted by atomic mass is 9.74. The van der Waals surface area contributed by atoms with Crippen molar-refractivity contribution >= 4 is 47.2 Å². The minimum absolute atomic E-state index is 0.0384. The molecule has 9 rings (SSSR count). The highest BCUT2D eigenvalue weighted by molar-refractivity contribution is 6.00. The number of methoxy groups -OCH3 is 1. The number of esters is 1. The Morgan fingerprint density at radius 2 is 1.47 bits per heavy atom. The van der Waals surface area contributed by atoms with Gasteiger partial charge >= 0.3 is 12.0 Å². The molecule has 0 radical (unpaired) electrons. The van der Waals surface area contributed by atoms with Gasteiger partial charge in [-0.15, -0.1) is 0 Å². The Morgan fingerprint density at radius 1 is 0.805 bits per heavy atom. The van der Waals surface area contributed by atoms with E-state index in [1.165, 1.54) is 7.11 Å². The molecule has 8 atom stereocenters. The lowest BCUT2D eigenvalue weighted by molar-refractivity contribution is -0.148. The van der Waals surface area contributed by atoms with Crippen LogP contribution >= 0.6 is 0 Å². The first-order valence-electron chi connectivity index (χ1n) is 28.8. The maximum atomic E-state index is 15.2. The zero-order valence-electron chi connectivity index (χ0n) is 47.0. The third kappa shape index (κ3) is 10.6. The van der Waals surface area contributed by atoms with Crippen LogP contribution in [0.5, 0.6) is 0 Å². The summed E-state index contributed by atoms with van der Waals surface area (Å²) in [4.78, 5) is 103. The fourth-order valence-corrected chi connectivity index (χ4v) is 15.1. The maximum Gasteiger partial charge on any atom is 0.328 e. The van der Waals surface area contributed by atoms with Crippen molar-refractivity contribution in [2.75, 3.05) is 46.2 Å². The number of amides is 7. The quantitative estimate of drug-likeness (QED) is 0.0599. The number of carbonyl (C=O) groups is 7. The molecule has 7 amide bonds. The van der Waals surface area contributed by atoms with E-state index in [2.05, 4.69) is 33.1 Å². The highest BCUT2D eigenvalue weighted by Gasteiger charge is 2.85. The van der Waals surface area contributed by atoms with Crippen LogP contribution < -0.4 is 32.7 Å². The van der Waals surface area contributed by atoms with Crippen molar-refractivity contribution < 1.29 is 38.3 Å². The summed E-state index contributed by atoms with van der Waals surface area (Å²) in [6, 6.07) is 14.4. The number of rotatable bonds is 27. The number of benzene rings is 2. The number of hydrogen-bond acceptors (Lipinski definition) is 10. The number of urea groups is 1. The van der Waals surface area contributed by atoms with Crippen molar-refractivity contribution in [3.05, 3.63) is 65.7 Å². The fourth-order valence-electron chi connectivity index (χ4n) is 15.1. The average molecular weight is 1060 g/mol. The summed E-state index contributed by atoms with van der Waals surface area (Å²) in [5, 5.41) is 11.9. The van der Waals surface area contributed by atoms with Crippen LogP contribution in [0.3, 0.4) is 0 Å². The summed E-state index contributed by atoms with van der Waals surface area (Å²) in [6.45, 7) is 11.8. The molecule has 2 aromatic carbocycles. The highest BCUT2D eigenvalue weighted by Crippen LogP contribution is 2.83. The molecule has 420 valence electrons. The molecule has 77 heavy (non-hydrogen) atoms. The van der Waals surface area contributed by atoms with Gasteiger partial charge in [0.25, 0.3) is 0 Å². The third-order valence-corrected chi connectivity index (χ3v) is 20.1. The van der Waals surface area contributed by atoms with Crippen LogP contribution in [0.4, 0.5) is 10.5 Å². The molecule has 2 aromatic rings. The number of nitrogens with one attached hydrogen (secondary N) is 4. The zero-order valence-corrected chi connectivity index (χ0v) is 47.0. The van der Waals surface area contributed by atoms with E-state index >= 15 is 9.59 Å². The van der Waals surface area contributed by atoms with Gasteiger partial charge < -0.3 is 47.3 Å². The monoisotopic (exact) mass is 1060 g/mol. The summed E-state index contributed by atoms with van der Waals surface area (Å²) in [7, 11) is 5.20. The number of primary amides is 1. The largest absolute Gasteiger partial charge is 0.467 e. The molecule has 1 aliphatic heterocycles. The maximum absolute atomic E-state index is 15.2. The Labute approximate surface area is 455 Å². The highest BCUT2D eigenvalue weighted by atomic mass is 16.5. The van der Waals surface area contributed by atoms with E-state index in [0.717, 1.165) is 81.8 Å². The van der Waals surface area contributed by atoms with Crippen LogP contribution in [0.25, 0.3) is 0 Å². The van der Waals surface area contributed by atoms with Crippen LogP contribution in [-0.4, -0.2) is 132 Å². The minimum atomic E-state index is -0.981. The minimum Gasteiger partial charge on any atom is -0.467 e. The number of likely N-dealkylation sites (tertiary alicyclic amines) is 1. The topological polar surface area (TPSA) is 239 Å². The second-order valence-electron chi connectivity index (χ2n) is 25.5. The number of likely N-dealkylation sites (N-methyl/N-ethyl adjacent to an activating group) is 2. The van der Waals surface area contributed by atoms with Crippen LogP contribution in [0.1, 0.15) is 136 Å². The summed E-state index contributed by atoms with van der Waals surface area (Å²) in [5.74, 6) is -0.938. The van der Waals surface area contributed by atoms with Crippen LogP contribution in [0, 0.1) is 45.3 Å². The van der Waals surface area contributed by atoms with Gasteiger partial charge in [0.2, 0.25) is 29.5 Å². The fraction of sp³-hybridized carbons (Fsp3) is 0.683. The van der Waals surface area contributed by atoms with Gasteiger partial charge in [0.05, 0.1) is 29.6 Å². The number of anilines is 1. The molecule has 0 spiro atoms. The summed E-state index contributed by atoms with van der Waals surface area (Å²) < 4.78 is 5.18. The number of piperidine rings is 1. The number of ether oxygens (including phenoxy) is 1. The predicted octanol–water partition coefficient (Wildman–Crippen LogP) is 5.68. The van der Waals surface area contributed by atoms with Crippen LogP contribution in [-0.2, 0) is 46.3 Å². The standard InChI is InChI=1S/C60H87N9O8/c1-9-55(22-23-55)51(56(24-25-56)36-45(70)69-32-21-42-35-60(42,69)58(28-29-58)57(26-27-57)52(74)65-44(50(73)77-8)33-40-13-11-10-12-14-40)68(7)49(72)46(37(2)3)66-48(71)47(38(4)5)67(6)31-20-39-15-17-43(18-16-39)64-53(75)59(62)34-41(59)19-30-63-54(61)76/h10-18,37-38,41-42,44,46-47,51H,9,19-36,62H2,1-8H3,(H,64,75)(H,65,74)(H,66,71)(H3,61,63,76)/t41-,42+,44+,46+,47+,51+,59?,60+/m1/s1. The number of hydrogen-bond donors (Lipinski definition) is 6. The Bertz CT molecular complexity index is 2570. The Balaban J connectivity index is 0.833.